The third-order valence-corrected chi connectivity index (χ3v) is 4.17. The first-order valence-corrected chi connectivity index (χ1v) is 7.86. The van der Waals surface area contributed by atoms with E-state index in [4.69, 9.17) is 0 Å². The molecule has 1 fully saturated rings. The van der Waals surface area contributed by atoms with Crippen molar-refractivity contribution in [3.63, 3.8) is 0 Å². The molecular formula is C17H21N3O3. The quantitative estimate of drug-likeness (QED) is 0.873. The maximum Gasteiger partial charge on any atom is 0.261 e. The summed E-state index contributed by atoms with van der Waals surface area (Å²) in [7, 11) is 0. The molecule has 1 aromatic heterocycles. The fraction of sp³-hybridized carbons (Fsp3) is 0.412. The zero-order valence-corrected chi connectivity index (χ0v) is 13.2. The highest BCUT2D eigenvalue weighted by Gasteiger charge is 2.24. The number of nitrogens with zero attached hydrogens (tertiary/aromatic N) is 2. The number of pyridine rings is 1. The molecule has 0 bridgehead atoms. The lowest BCUT2D eigenvalue weighted by Gasteiger charge is -2.35. The highest BCUT2D eigenvalue weighted by atomic mass is 16.3. The summed E-state index contributed by atoms with van der Waals surface area (Å²) in [5, 5.41) is 10.3. The van der Waals surface area contributed by atoms with Gasteiger partial charge in [0.2, 0.25) is 0 Å². The number of rotatable bonds is 3. The normalized spacial score (nSPS) is 17.4. The van der Waals surface area contributed by atoms with Gasteiger partial charge in [-0.15, -0.1) is 0 Å². The van der Waals surface area contributed by atoms with Gasteiger partial charge in [0, 0.05) is 38.2 Å². The third kappa shape index (κ3) is 3.43. The van der Waals surface area contributed by atoms with Crippen LogP contribution in [0, 0.1) is 0 Å². The smallest absolute Gasteiger partial charge is 0.261 e. The van der Waals surface area contributed by atoms with Gasteiger partial charge in [-0.25, -0.2) is 0 Å². The number of hydrogen-bond acceptors (Lipinski definition) is 4. The maximum absolute atomic E-state index is 12.6. The molecule has 1 aliphatic heterocycles. The lowest BCUT2D eigenvalue weighted by atomic mass is 10.1. The molecule has 6 nitrogen and oxygen atoms in total. The number of aliphatic hydroxyl groups is 1. The van der Waals surface area contributed by atoms with Crippen molar-refractivity contribution in [2.24, 2.45) is 0 Å². The van der Waals surface area contributed by atoms with Crippen molar-refractivity contribution in [1.29, 1.82) is 0 Å². The van der Waals surface area contributed by atoms with Crippen LogP contribution in [0.5, 0.6) is 0 Å². The van der Waals surface area contributed by atoms with Crippen LogP contribution in [-0.2, 0) is 0 Å². The Morgan fingerprint density at radius 2 is 1.96 bits per heavy atom. The number of aliphatic hydroxyl groups excluding tert-OH is 1. The number of carbonyl (C=O) groups excluding carboxylic acids is 1. The van der Waals surface area contributed by atoms with E-state index in [1.54, 1.807) is 17.9 Å². The number of nitrogens with one attached hydrogen (secondary N) is 1. The molecule has 1 amide bonds. The molecule has 1 atom stereocenters. The van der Waals surface area contributed by atoms with E-state index in [0.29, 0.717) is 32.7 Å². The topological polar surface area (TPSA) is 76.6 Å². The zero-order valence-electron chi connectivity index (χ0n) is 13.2. The third-order valence-electron chi connectivity index (χ3n) is 4.17. The summed E-state index contributed by atoms with van der Waals surface area (Å²) in [5.41, 5.74) is 0.573. The number of piperazine rings is 1. The Morgan fingerprint density at radius 1 is 1.26 bits per heavy atom. The number of aromatic nitrogens is 1. The van der Waals surface area contributed by atoms with Gasteiger partial charge in [0.05, 0.1) is 6.10 Å². The van der Waals surface area contributed by atoms with Crippen LogP contribution in [0.4, 0.5) is 0 Å². The lowest BCUT2D eigenvalue weighted by Crippen LogP contribution is -2.50. The number of amides is 1. The number of para-hydroxylation sites is 1. The molecule has 3 rings (SSSR count). The van der Waals surface area contributed by atoms with Gasteiger partial charge < -0.3 is 15.0 Å². The number of H-pyrrole nitrogens is 1. The summed E-state index contributed by atoms with van der Waals surface area (Å²) in [6.07, 6.45) is -0.374. The van der Waals surface area contributed by atoms with Gasteiger partial charge in [0.1, 0.15) is 5.56 Å². The van der Waals surface area contributed by atoms with Crippen LogP contribution in [0.2, 0.25) is 0 Å². The van der Waals surface area contributed by atoms with Crippen LogP contribution >= 0.6 is 0 Å². The molecule has 1 saturated heterocycles. The minimum Gasteiger partial charge on any atom is -0.392 e. The Hall–Kier alpha value is -2.18. The summed E-state index contributed by atoms with van der Waals surface area (Å²) in [6.45, 7) is 4.92. The van der Waals surface area contributed by atoms with E-state index in [1.807, 2.05) is 24.3 Å². The molecule has 1 aliphatic rings. The average Bonchev–Trinajstić information content (AvgIpc) is 2.54. The summed E-state index contributed by atoms with van der Waals surface area (Å²) < 4.78 is 0. The summed E-state index contributed by atoms with van der Waals surface area (Å²) >= 11 is 0. The van der Waals surface area contributed by atoms with E-state index in [0.717, 1.165) is 10.9 Å². The minimum atomic E-state index is -0.374. The van der Waals surface area contributed by atoms with Crippen LogP contribution in [-0.4, -0.2) is 64.6 Å². The average molecular weight is 315 g/mol. The molecule has 122 valence electrons. The van der Waals surface area contributed by atoms with Gasteiger partial charge in [0.15, 0.2) is 0 Å². The fourth-order valence-electron chi connectivity index (χ4n) is 2.98. The van der Waals surface area contributed by atoms with E-state index in [9.17, 15) is 14.7 Å². The van der Waals surface area contributed by atoms with Crippen molar-refractivity contribution < 1.29 is 9.90 Å². The van der Waals surface area contributed by atoms with Crippen molar-refractivity contribution in [2.75, 3.05) is 32.7 Å². The van der Waals surface area contributed by atoms with Crippen LogP contribution in [0.15, 0.2) is 35.1 Å². The highest BCUT2D eigenvalue weighted by Crippen LogP contribution is 2.12. The molecule has 2 N–H and O–H groups in total. The molecule has 0 spiro atoms. The predicted molar refractivity (Wildman–Crippen MR) is 88.6 cm³/mol. The molecule has 2 heterocycles. The molecule has 23 heavy (non-hydrogen) atoms. The van der Waals surface area contributed by atoms with E-state index >= 15 is 0 Å². The first-order valence-electron chi connectivity index (χ1n) is 7.86. The Morgan fingerprint density at radius 3 is 2.65 bits per heavy atom. The van der Waals surface area contributed by atoms with Crippen molar-refractivity contribution in [3.05, 3.63) is 46.2 Å². The first-order chi connectivity index (χ1) is 11.0. The van der Waals surface area contributed by atoms with Crippen molar-refractivity contribution in [2.45, 2.75) is 13.0 Å². The number of hydrogen-bond donors (Lipinski definition) is 2. The lowest BCUT2D eigenvalue weighted by molar-refractivity contribution is 0.0553. The van der Waals surface area contributed by atoms with Gasteiger partial charge in [-0.3, -0.25) is 14.5 Å². The fourth-order valence-corrected chi connectivity index (χ4v) is 2.98. The van der Waals surface area contributed by atoms with Crippen molar-refractivity contribution in [3.8, 4) is 0 Å². The number of benzene rings is 1. The van der Waals surface area contributed by atoms with E-state index in [-0.39, 0.29) is 23.1 Å². The molecule has 0 saturated carbocycles. The number of β-amino-alcohol motifs (C(OH)–C–C–N with tert-alkyl or cyclic N) is 1. The molecule has 0 unspecified atom stereocenters. The van der Waals surface area contributed by atoms with E-state index in [2.05, 4.69) is 9.88 Å². The monoisotopic (exact) mass is 315 g/mol. The predicted octanol–water partition coefficient (Wildman–Crippen LogP) is 0.667. The standard InChI is InChI=1S/C17H21N3O3/c1-12(21)11-19-6-8-20(9-7-19)17(23)14-10-13-4-2-3-5-15(13)18-16(14)22/h2-5,10,12,21H,6-9,11H2,1H3,(H,18,22)/t12-/m1/s1. The largest absolute Gasteiger partial charge is 0.392 e. The van der Waals surface area contributed by atoms with Gasteiger partial charge in [-0.05, 0) is 24.4 Å². The number of fused-ring (bicyclic) bond motifs is 1. The van der Waals surface area contributed by atoms with Crippen LogP contribution in [0.1, 0.15) is 17.3 Å². The SMILES string of the molecule is C[C@@H](O)CN1CCN(C(=O)c2cc3ccccc3[nH]c2=O)CC1. The number of aromatic amines is 1. The Balaban J connectivity index is 1.76. The Bertz CT molecular complexity index is 761. The second-order valence-electron chi connectivity index (χ2n) is 6.04. The van der Waals surface area contributed by atoms with Crippen molar-refractivity contribution in [1.82, 2.24) is 14.8 Å². The molecule has 0 aliphatic carbocycles. The zero-order chi connectivity index (χ0) is 16.4. The summed E-state index contributed by atoms with van der Waals surface area (Å²) in [4.78, 5) is 31.4. The molecular weight excluding hydrogens is 294 g/mol. The van der Waals surface area contributed by atoms with E-state index < -0.39 is 0 Å². The molecule has 1 aromatic carbocycles. The summed E-state index contributed by atoms with van der Waals surface area (Å²) in [5.74, 6) is -0.228. The van der Waals surface area contributed by atoms with E-state index in [1.165, 1.54) is 0 Å². The molecule has 6 heteroatoms. The molecule has 2 aromatic rings. The highest BCUT2D eigenvalue weighted by molar-refractivity contribution is 5.97. The van der Waals surface area contributed by atoms with Gasteiger partial charge in [0.25, 0.3) is 11.5 Å². The van der Waals surface area contributed by atoms with Crippen LogP contribution < -0.4 is 5.56 Å². The van der Waals surface area contributed by atoms with Crippen LogP contribution in [0.25, 0.3) is 10.9 Å². The Kier molecular flexibility index (Phi) is 4.45. The first kappa shape index (κ1) is 15.7. The summed E-state index contributed by atoms with van der Waals surface area (Å²) in [6, 6.07) is 9.09. The maximum atomic E-state index is 12.6. The van der Waals surface area contributed by atoms with Crippen LogP contribution in [0.3, 0.4) is 0 Å². The Labute approximate surface area is 134 Å². The number of carbonyl (C=O) groups is 1. The minimum absolute atomic E-state index is 0.188. The molecule has 0 radical (unpaired) electrons. The van der Waals surface area contributed by atoms with Crippen molar-refractivity contribution >= 4 is 16.8 Å². The second-order valence-corrected chi connectivity index (χ2v) is 6.04. The van der Waals surface area contributed by atoms with Gasteiger partial charge >= 0.3 is 0 Å². The van der Waals surface area contributed by atoms with Gasteiger partial charge in [-0.2, -0.15) is 0 Å². The van der Waals surface area contributed by atoms with Gasteiger partial charge in [-0.1, -0.05) is 18.2 Å². The second kappa shape index (κ2) is 6.52.